The van der Waals surface area contributed by atoms with E-state index in [1.165, 1.54) is 17.5 Å². The van der Waals surface area contributed by atoms with Gasteiger partial charge < -0.3 is 15.0 Å². The van der Waals surface area contributed by atoms with Crippen molar-refractivity contribution in [2.24, 2.45) is 0 Å². The Morgan fingerprint density at radius 3 is 2.76 bits per heavy atom. The van der Waals surface area contributed by atoms with Gasteiger partial charge in [0.2, 0.25) is 5.91 Å². The van der Waals surface area contributed by atoms with Crippen LogP contribution in [0.4, 0.5) is 0 Å². The maximum Gasteiger partial charge on any atom is 0.234 e. The molecular weight excluding hydrogens is 362 g/mol. The van der Waals surface area contributed by atoms with Crippen molar-refractivity contribution in [3.8, 4) is 0 Å². The van der Waals surface area contributed by atoms with Crippen molar-refractivity contribution in [3.05, 3.63) is 71.4 Å². The quantitative estimate of drug-likeness (QED) is 0.636. The summed E-state index contributed by atoms with van der Waals surface area (Å²) in [4.78, 5) is 18.6. The third-order valence-electron chi connectivity index (χ3n) is 5.76. The number of aromatic amines is 1. The third kappa shape index (κ3) is 4.69. The Labute approximate surface area is 172 Å². The number of ether oxygens (including phenoxy) is 1. The van der Waals surface area contributed by atoms with Crippen molar-refractivity contribution in [3.63, 3.8) is 0 Å². The fraction of sp³-hybridized carbons (Fsp3) is 0.375. The van der Waals surface area contributed by atoms with E-state index in [1.54, 1.807) is 7.11 Å². The summed E-state index contributed by atoms with van der Waals surface area (Å²) in [5.41, 5.74) is 4.59. The fourth-order valence-corrected chi connectivity index (χ4v) is 4.27. The number of methoxy groups -OCH3 is 1. The predicted molar refractivity (Wildman–Crippen MR) is 115 cm³/mol. The Morgan fingerprint density at radius 1 is 1.14 bits per heavy atom. The SMILES string of the molecule is COCc1ccccc1CNC(=O)CN1CCCCC1c1cc2ccccc2[nH]1. The van der Waals surface area contributed by atoms with E-state index in [0.717, 1.165) is 36.0 Å². The van der Waals surface area contributed by atoms with Gasteiger partial charge >= 0.3 is 0 Å². The number of carbonyl (C=O) groups is 1. The molecule has 2 N–H and O–H groups in total. The fourth-order valence-electron chi connectivity index (χ4n) is 4.27. The molecule has 1 aliphatic rings. The highest BCUT2D eigenvalue weighted by atomic mass is 16.5. The Kier molecular flexibility index (Phi) is 6.27. The molecule has 1 fully saturated rings. The molecule has 0 aliphatic carbocycles. The molecule has 0 radical (unpaired) electrons. The van der Waals surface area contributed by atoms with Gasteiger partial charge in [-0.1, -0.05) is 48.9 Å². The molecule has 5 heteroatoms. The normalized spacial score (nSPS) is 17.5. The van der Waals surface area contributed by atoms with Gasteiger partial charge in [-0.05, 0) is 48.0 Å². The van der Waals surface area contributed by atoms with E-state index in [2.05, 4.69) is 45.5 Å². The number of fused-ring (bicyclic) bond motifs is 1. The summed E-state index contributed by atoms with van der Waals surface area (Å²) in [6.07, 6.45) is 3.42. The number of hydrogen-bond donors (Lipinski definition) is 2. The number of piperidine rings is 1. The molecule has 1 atom stereocenters. The number of para-hydroxylation sites is 1. The van der Waals surface area contributed by atoms with Gasteiger partial charge in [0.25, 0.3) is 0 Å². The minimum absolute atomic E-state index is 0.0697. The van der Waals surface area contributed by atoms with Gasteiger partial charge in [0.15, 0.2) is 0 Å². The van der Waals surface area contributed by atoms with Crippen molar-refractivity contribution >= 4 is 16.8 Å². The number of amides is 1. The largest absolute Gasteiger partial charge is 0.380 e. The first-order valence-corrected chi connectivity index (χ1v) is 10.4. The Bertz CT molecular complexity index is 932. The summed E-state index contributed by atoms with van der Waals surface area (Å²) >= 11 is 0. The van der Waals surface area contributed by atoms with E-state index < -0.39 is 0 Å². The van der Waals surface area contributed by atoms with Gasteiger partial charge in [-0.25, -0.2) is 0 Å². The van der Waals surface area contributed by atoms with Crippen molar-refractivity contribution < 1.29 is 9.53 Å². The number of nitrogens with one attached hydrogen (secondary N) is 2. The van der Waals surface area contributed by atoms with Crippen molar-refractivity contribution in [1.82, 2.24) is 15.2 Å². The summed E-state index contributed by atoms with van der Waals surface area (Å²) in [6.45, 7) is 2.46. The molecule has 152 valence electrons. The van der Waals surface area contributed by atoms with Gasteiger partial charge in [0, 0.05) is 24.9 Å². The highest BCUT2D eigenvalue weighted by Crippen LogP contribution is 2.32. The first-order valence-electron chi connectivity index (χ1n) is 10.4. The molecule has 29 heavy (non-hydrogen) atoms. The van der Waals surface area contributed by atoms with E-state index in [4.69, 9.17) is 4.74 Å². The molecule has 2 aromatic carbocycles. The molecule has 4 rings (SSSR count). The van der Waals surface area contributed by atoms with Crippen LogP contribution in [-0.4, -0.2) is 36.0 Å². The Morgan fingerprint density at radius 2 is 1.93 bits per heavy atom. The van der Waals surface area contributed by atoms with Crippen LogP contribution in [0.5, 0.6) is 0 Å². The molecule has 1 saturated heterocycles. The van der Waals surface area contributed by atoms with Crippen molar-refractivity contribution in [1.29, 1.82) is 0 Å². The molecule has 0 spiro atoms. The maximum atomic E-state index is 12.7. The van der Waals surface area contributed by atoms with E-state index in [1.807, 2.05) is 24.3 Å². The van der Waals surface area contributed by atoms with Gasteiger partial charge in [-0.15, -0.1) is 0 Å². The van der Waals surface area contributed by atoms with E-state index in [-0.39, 0.29) is 11.9 Å². The molecule has 1 unspecified atom stereocenters. The zero-order valence-electron chi connectivity index (χ0n) is 17.0. The lowest BCUT2D eigenvalue weighted by Crippen LogP contribution is -2.41. The first kappa shape index (κ1) is 19.7. The number of H-pyrrole nitrogens is 1. The average Bonchev–Trinajstić information content (AvgIpc) is 3.18. The lowest BCUT2D eigenvalue weighted by Gasteiger charge is -2.34. The van der Waals surface area contributed by atoms with Gasteiger partial charge in [0.1, 0.15) is 0 Å². The molecule has 1 aromatic heterocycles. The molecule has 0 bridgehead atoms. The number of carbonyl (C=O) groups excluding carboxylic acids is 1. The monoisotopic (exact) mass is 391 g/mol. The number of likely N-dealkylation sites (tertiary alicyclic amines) is 1. The second kappa shape index (κ2) is 9.25. The van der Waals surface area contributed by atoms with Crippen LogP contribution in [0.3, 0.4) is 0 Å². The number of nitrogens with zero attached hydrogens (tertiary/aromatic N) is 1. The van der Waals surface area contributed by atoms with Crippen LogP contribution in [0.2, 0.25) is 0 Å². The smallest absolute Gasteiger partial charge is 0.234 e. The molecule has 1 amide bonds. The van der Waals surface area contributed by atoms with Crippen LogP contribution in [0, 0.1) is 0 Å². The van der Waals surface area contributed by atoms with E-state index in [9.17, 15) is 4.79 Å². The maximum absolute atomic E-state index is 12.7. The number of aromatic nitrogens is 1. The van der Waals surface area contributed by atoms with Crippen molar-refractivity contribution in [2.45, 2.75) is 38.5 Å². The summed E-state index contributed by atoms with van der Waals surface area (Å²) in [6, 6.07) is 18.9. The third-order valence-corrected chi connectivity index (χ3v) is 5.76. The van der Waals surface area contributed by atoms with E-state index in [0.29, 0.717) is 19.7 Å². The van der Waals surface area contributed by atoms with Crippen LogP contribution in [0.15, 0.2) is 54.6 Å². The molecule has 2 heterocycles. The Balaban J connectivity index is 1.41. The number of hydrogen-bond acceptors (Lipinski definition) is 3. The lowest BCUT2D eigenvalue weighted by molar-refractivity contribution is -0.123. The summed E-state index contributed by atoms with van der Waals surface area (Å²) in [7, 11) is 1.69. The second-order valence-electron chi connectivity index (χ2n) is 7.77. The summed E-state index contributed by atoms with van der Waals surface area (Å²) < 4.78 is 5.26. The molecule has 0 saturated carbocycles. The zero-order chi connectivity index (χ0) is 20.1. The van der Waals surface area contributed by atoms with Crippen LogP contribution in [0.1, 0.15) is 42.1 Å². The first-order chi connectivity index (χ1) is 14.2. The minimum Gasteiger partial charge on any atom is -0.380 e. The molecule has 5 nitrogen and oxygen atoms in total. The molecule has 1 aliphatic heterocycles. The number of benzene rings is 2. The zero-order valence-corrected chi connectivity index (χ0v) is 17.0. The predicted octanol–water partition coefficient (Wildman–Crippen LogP) is 4.16. The summed E-state index contributed by atoms with van der Waals surface area (Å²) in [5.74, 6) is 0.0697. The lowest BCUT2D eigenvalue weighted by atomic mass is 9.99. The molecular formula is C24H29N3O2. The second-order valence-corrected chi connectivity index (χ2v) is 7.77. The summed E-state index contributed by atoms with van der Waals surface area (Å²) in [5, 5.41) is 4.33. The van der Waals surface area contributed by atoms with E-state index >= 15 is 0 Å². The van der Waals surface area contributed by atoms with Crippen LogP contribution in [0.25, 0.3) is 10.9 Å². The topological polar surface area (TPSA) is 57.4 Å². The van der Waals surface area contributed by atoms with Crippen LogP contribution >= 0.6 is 0 Å². The van der Waals surface area contributed by atoms with Crippen LogP contribution in [-0.2, 0) is 22.7 Å². The minimum atomic E-state index is 0.0697. The standard InChI is InChI=1S/C24H29N3O2/c1-29-17-20-10-3-2-9-19(20)15-25-24(28)16-27-13-7-6-12-23(27)22-14-18-8-4-5-11-21(18)26-22/h2-5,8-11,14,23,26H,6-7,12-13,15-17H2,1H3,(H,25,28). The van der Waals surface area contributed by atoms with Crippen LogP contribution < -0.4 is 5.32 Å². The van der Waals surface area contributed by atoms with Gasteiger partial charge in [0.05, 0.1) is 19.2 Å². The molecule has 3 aromatic rings. The number of rotatable bonds is 7. The van der Waals surface area contributed by atoms with Crippen molar-refractivity contribution in [2.75, 3.05) is 20.2 Å². The van der Waals surface area contributed by atoms with Gasteiger partial charge in [-0.2, -0.15) is 0 Å². The van der Waals surface area contributed by atoms with Gasteiger partial charge in [-0.3, -0.25) is 9.69 Å². The Hall–Kier alpha value is -2.63. The highest BCUT2D eigenvalue weighted by Gasteiger charge is 2.26. The average molecular weight is 392 g/mol. The highest BCUT2D eigenvalue weighted by molar-refractivity contribution is 5.80.